The van der Waals surface area contributed by atoms with Crippen LogP contribution in [0.3, 0.4) is 0 Å². The Morgan fingerprint density at radius 2 is 0.785 bits per heavy atom. The Hall–Kier alpha value is -7.88. The number of fused-ring (bicyclic) bond motifs is 3. The van der Waals surface area contributed by atoms with Crippen molar-refractivity contribution in [2.24, 2.45) is 0 Å². The summed E-state index contributed by atoms with van der Waals surface area (Å²) >= 11 is 0. The van der Waals surface area contributed by atoms with Crippen LogP contribution in [-0.2, 0) is 10.8 Å². The molecule has 310 valence electrons. The van der Waals surface area contributed by atoms with Gasteiger partial charge in [-0.25, -0.2) is 0 Å². The molecule has 13 rings (SSSR count). The van der Waals surface area contributed by atoms with Crippen LogP contribution in [0.4, 0.5) is 34.1 Å². The fourth-order valence-electron chi connectivity index (χ4n) is 11.4. The van der Waals surface area contributed by atoms with Crippen LogP contribution >= 0.6 is 0 Å². The summed E-state index contributed by atoms with van der Waals surface area (Å²) in [5, 5.41) is 7.46. The van der Waals surface area contributed by atoms with E-state index in [9.17, 15) is 0 Å². The number of nitrogens with zero attached hydrogens (tertiary/aromatic N) is 3. The van der Waals surface area contributed by atoms with Crippen molar-refractivity contribution < 1.29 is 0 Å². The van der Waals surface area contributed by atoms with E-state index in [4.69, 9.17) is 0 Å². The van der Waals surface area contributed by atoms with Gasteiger partial charge in [0, 0.05) is 55.1 Å². The van der Waals surface area contributed by atoms with E-state index in [0.717, 1.165) is 34.1 Å². The van der Waals surface area contributed by atoms with E-state index in [1.807, 2.05) is 0 Å². The highest BCUT2D eigenvalue weighted by Crippen LogP contribution is 2.57. The predicted octanol–water partition coefficient (Wildman–Crippen LogP) is 17.0. The lowest BCUT2D eigenvalue weighted by molar-refractivity contribution is 0.594. The molecule has 0 saturated heterocycles. The molecule has 0 radical (unpaired) electrons. The number of aromatic nitrogens is 1. The minimum atomic E-state index is -0.241. The van der Waals surface area contributed by atoms with Gasteiger partial charge in [-0.1, -0.05) is 167 Å². The van der Waals surface area contributed by atoms with Crippen molar-refractivity contribution in [1.82, 2.24) is 4.57 Å². The number of benzene rings is 10. The Labute approximate surface area is 380 Å². The first-order valence-corrected chi connectivity index (χ1v) is 22.9. The van der Waals surface area contributed by atoms with Gasteiger partial charge in [-0.3, -0.25) is 0 Å². The highest BCUT2D eigenvalue weighted by atomic mass is 15.2. The van der Waals surface area contributed by atoms with Crippen molar-refractivity contribution in [3.63, 3.8) is 0 Å². The average Bonchev–Trinajstić information content (AvgIpc) is 3.68. The molecule has 0 aliphatic carbocycles. The van der Waals surface area contributed by atoms with Gasteiger partial charge in [0.05, 0.1) is 28.1 Å². The Kier molecular flexibility index (Phi) is 8.00. The fraction of sp³-hybridized carbons (Fsp3) is 0.0968. The first-order chi connectivity index (χ1) is 31.8. The topological polar surface area (TPSA) is 11.4 Å². The lowest BCUT2D eigenvalue weighted by atomic mass is 9.68. The third kappa shape index (κ3) is 5.42. The van der Waals surface area contributed by atoms with Crippen LogP contribution in [-0.4, -0.2) is 4.57 Å². The predicted molar refractivity (Wildman–Crippen MR) is 275 cm³/mol. The van der Waals surface area contributed by atoms with Gasteiger partial charge in [-0.05, 0) is 117 Å². The van der Waals surface area contributed by atoms with E-state index in [0.29, 0.717) is 0 Å². The van der Waals surface area contributed by atoms with Crippen molar-refractivity contribution in [3.8, 4) is 16.8 Å². The molecule has 0 bridgehead atoms. The molecule has 3 nitrogen and oxygen atoms in total. The molecule has 2 aliphatic rings. The number of para-hydroxylation sites is 3. The van der Waals surface area contributed by atoms with Crippen LogP contribution in [0.5, 0.6) is 0 Å². The maximum absolute atomic E-state index is 2.63. The van der Waals surface area contributed by atoms with Crippen molar-refractivity contribution in [1.29, 1.82) is 0 Å². The van der Waals surface area contributed by atoms with Crippen LogP contribution in [0.1, 0.15) is 49.9 Å². The average molecular weight is 834 g/mol. The number of hydrogen-bond acceptors (Lipinski definition) is 2. The van der Waals surface area contributed by atoms with Crippen LogP contribution in [0.25, 0.3) is 60.2 Å². The van der Waals surface area contributed by atoms with Gasteiger partial charge in [0.15, 0.2) is 0 Å². The van der Waals surface area contributed by atoms with E-state index >= 15 is 0 Å². The van der Waals surface area contributed by atoms with Gasteiger partial charge >= 0.3 is 0 Å². The second-order valence-electron chi connectivity index (χ2n) is 19.0. The summed E-state index contributed by atoms with van der Waals surface area (Å²) in [6.07, 6.45) is 0. The largest absolute Gasteiger partial charge is 0.310 e. The molecule has 3 heterocycles. The third-order valence-corrected chi connectivity index (χ3v) is 14.7. The zero-order valence-electron chi connectivity index (χ0n) is 37.0. The summed E-state index contributed by atoms with van der Waals surface area (Å²) in [6, 6.07) is 78.6. The number of hydrogen-bond donors (Lipinski definition) is 0. The first kappa shape index (κ1) is 37.7. The second kappa shape index (κ2) is 13.8. The molecule has 10 aromatic carbocycles. The van der Waals surface area contributed by atoms with E-state index < -0.39 is 0 Å². The maximum atomic E-state index is 2.63. The minimum Gasteiger partial charge on any atom is -0.310 e. The van der Waals surface area contributed by atoms with Crippen molar-refractivity contribution >= 4 is 77.5 Å². The molecule has 0 unspecified atom stereocenters. The second-order valence-corrected chi connectivity index (χ2v) is 19.0. The normalized spacial score (nSPS) is 14.1. The first-order valence-electron chi connectivity index (χ1n) is 22.9. The van der Waals surface area contributed by atoms with E-state index in [1.165, 1.54) is 82.4 Å². The van der Waals surface area contributed by atoms with Crippen molar-refractivity contribution in [2.75, 3.05) is 9.80 Å². The number of anilines is 6. The highest BCUT2D eigenvalue weighted by molar-refractivity contribution is 6.16. The molecule has 3 heteroatoms. The Balaban J connectivity index is 1.05. The summed E-state index contributed by atoms with van der Waals surface area (Å²) in [6.45, 7) is 9.70. The zero-order chi connectivity index (χ0) is 43.6. The smallest absolute Gasteiger partial charge is 0.0583 e. The molecular formula is C62H47N3. The zero-order valence-corrected chi connectivity index (χ0v) is 37.0. The molecule has 0 spiro atoms. The standard InChI is InChI=1S/C62H47N3/c1-61(2)52-28-17-29-53-60(52)65-58-50(51-38-47(39-55(59(51)65)62(53,3)4)63(44-22-7-5-8-23-44)45-24-9-6-10-25-45)36-43(37-54(58)61)40-32-34-46(35-33-40)64(56-30-15-20-41-18-11-13-26-48(41)56)57-31-16-21-42-19-12-14-27-49(42)57/h5-39H,1-4H3. The molecule has 0 atom stereocenters. The Morgan fingerprint density at radius 3 is 1.35 bits per heavy atom. The summed E-state index contributed by atoms with van der Waals surface area (Å²) < 4.78 is 2.63. The van der Waals surface area contributed by atoms with Crippen LogP contribution in [0, 0.1) is 0 Å². The molecule has 0 fully saturated rings. The van der Waals surface area contributed by atoms with E-state index in [1.54, 1.807) is 0 Å². The SMILES string of the molecule is CC1(C)c2cccc3c2-n2c4c1cc(-c1ccc(N(c5cccc6ccccc56)c5cccc6ccccc56)cc1)cc4c1cc(N(c4ccccc4)c4ccccc4)cc(c12)C3(C)C. The minimum absolute atomic E-state index is 0.236. The van der Waals surface area contributed by atoms with Crippen molar-refractivity contribution in [3.05, 3.63) is 235 Å². The van der Waals surface area contributed by atoms with Gasteiger partial charge in [-0.15, -0.1) is 0 Å². The third-order valence-electron chi connectivity index (χ3n) is 14.7. The van der Waals surface area contributed by atoms with Crippen LogP contribution < -0.4 is 9.80 Å². The van der Waals surface area contributed by atoms with E-state index in [2.05, 4.69) is 254 Å². The molecule has 0 amide bonds. The maximum Gasteiger partial charge on any atom is 0.0583 e. The lowest BCUT2D eigenvalue weighted by Crippen LogP contribution is -2.33. The molecule has 0 N–H and O–H groups in total. The van der Waals surface area contributed by atoms with Crippen LogP contribution in [0.2, 0.25) is 0 Å². The molecule has 2 aliphatic heterocycles. The highest BCUT2D eigenvalue weighted by Gasteiger charge is 2.44. The Bertz CT molecular complexity index is 3580. The molecule has 1 aromatic heterocycles. The summed E-state index contributed by atoms with van der Waals surface area (Å²) in [5.74, 6) is 0. The van der Waals surface area contributed by atoms with Gasteiger partial charge in [0.2, 0.25) is 0 Å². The summed E-state index contributed by atoms with van der Waals surface area (Å²) in [5.41, 5.74) is 18.3. The fourth-order valence-corrected chi connectivity index (χ4v) is 11.4. The van der Waals surface area contributed by atoms with E-state index in [-0.39, 0.29) is 10.8 Å². The van der Waals surface area contributed by atoms with Gasteiger partial charge in [0.25, 0.3) is 0 Å². The number of rotatable bonds is 7. The summed E-state index contributed by atoms with van der Waals surface area (Å²) in [7, 11) is 0. The molecule has 0 saturated carbocycles. The van der Waals surface area contributed by atoms with Crippen LogP contribution in [0.15, 0.2) is 212 Å². The van der Waals surface area contributed by atoms with Crippen molar-refractivity contribution in [2.45, 2.75) is 38.5 Å². The molecule has 11 aromatic rings. The lowest BCUT2D eigenvalue weighted by Gasteiger charge is -2.42. The van der Waals surface area contributed by atoms with Gasteiger partial charge < -0.3 is 14.4 Å². The molecule has 65 heavy (non-hydrogen) atoms. The quantitative estimate of drug-likeness (QED) is 0.158. The summed E-state index contributed by atoms with van der Waals surface area (Å²) in [4.78, 5) is 4.87. The molecular weight excluding hydrogens is 787 g/mol. The monoisotopic (exact) mass is 833 g/mol. The van der Waals surface area contributed by atoms with Gasteiger partial charge in [-0.2, -0.15) is 0 Å². The van der Waals surface area contributed by atoms with Gasteiger partial charge in [0.1, 0.15) is 0 Å². The Morgan fingerprint density at radius 1 is 0.323 bits per heavy atom.